The molecule has 0 aliphatic heterocycles. The molecule has 160 valence electrons. The van der Waals surface area contributed by atoms with Crippen molar-refractivity contribution in [3.63, 3.8) is 0 Å². The first kappa shape index (κ1) is 19.7. The fourth-order valence-electron chi connectivity index (χ4n) is 3.69. The predicted octanol–water partition coefficient (Wildman–Crippen LogP) is 3.07. The van der Waals surface area contributed by atoms with E-state index < -0.39 is 0 Å². The van der Waals surface area contributed by atoms with Crippen molar-refractivity contribution in [1.29, 1.82) is 0 Å². The number of rotatable bonds is 6. The largest absolute Gasteiger partial charge is 0.382 e. The standard InChI is InChI=1S/C23H22N8O/c1-31(12-18-27-16-7-2-3-8-17(16)28-18)19(32)10-9-14-5-4-6-15(11-14)22-29-20-21(24)25-13-26-23(20)30-22/h2-8,11,13H,9-10,12H2,1H3,(H,27,28)(H3,24,25,26,29,30). The molecule has 0 bridgehead atoms. The third-order valence-electron chi connectivity index (χ3n) is 5.40. The van der Waals surface area contributed by atoms with Gasteiger partial charge in [0.2, 0.25) is 5.91 Å². The molecule has 3 aromatic heterocycles. The third kappa shape index (κ3) is 3.87. The van der Waals surface area contributed by atoms with Crippen LogP contribution in [0.1, 0.15) is 17.8 Å². The van der Waals surface area contributed by atoms with Gasteiger partial charge in [0, 0.05) is 19.0 Å². The number of imidazole rings is 2. The zero-order valence-electron chi connectivity index (χ0n) is 17.5. The number of fused-ring (bicyclic) bond motifs is 2. The van der Waals surface area contributed by atoms with Crippen LogP contribution in [0.25, 0.3) is 33.6 Å². The van der Waals surface area contributed by atoms with Gasteiger partial charge in [-0.05, 0) is 30.2 Å². The number of H-pyrrole nitrogens is 2. The van der Waals surface area contributed by atoms with Crippen molar-refractivity contribution in [2.45, 2.75) is 19.4 Å². The molecule has 5 rings (SSSR count). The second-order valence-electron chi connectivity index (χ2n) is 7.69. The summed E-state index contributed by atoms with van der Waals surface area (Å²) >= 11 is 0. The van der Waals surface area contributed by atoms with Crippen LogP contribution >= 0.6 is 0 Å². The summed E-state index contributed by atoms with van der Waals surface area (Å²) in [5.41, 5.74) is 10.9. The van der Waals surface area contributed by atoms with E-state index in [9.17, 15) is 4.79 Å². The smallest absolute Gasteiger partial charge is 0.223 e. The lowest BCUT2D eigenvalue weighted by Gasteiger charge is -2.15. The molecular weight excluding hydrogens is 404 g/mol. The van der Waals surface area contributed by atoms with Gasteiger partial charge in [-0.2, -0.15) is 0 Å². The first-order valence-electron chi connectivity index (χ1n) is 10.3. The van der Waals surface area contributed by atoms with Crippen molar-refractivity contribution < 1.29 is 4.79 Å². The van der Waals surface area contributed by atoms with Gasteiger partial charge in [-0.1, -0.05) is 30.3 Å². The Kier molecular flexibility index (Phi) is 4.98. The minimum absolute atomic E-state index is 0.0580. The Labute approximate surface area is 183 Å². The summed E-state index contributed by atoms with van der Waals surface area (Å²) in [6, 6.07) is 15.8. The van der Waals surface area contributed by atoms with Crippen LogP contribution in [0.5, 0.6) is 0 Å². The van der Waals surface area contributed by atoms with Crippen molar-refractivity contribution in [3.8, 4) is 11.4 Å². The normalized spacial score (nSPS) is 11.3. The Morgan fingerprint density at radius 1 is 1.06 bits per heavy atom. The van der Waals surface area contributed by atoms with Gasteiger partial charge in [-0.3, -0.25) is 4.79 Å². The second-order valence-corrected chi connectivity index (χ2v) is 7.69. The van der Waals surface area contributed by atoms with Crippen LogP contribution in [0.2, 0.25) is 0 Å². The van der Waals surface area contributed by atoms with Gasteiger partial charge < -0.3 is 20.6 Å². The van der Waals surface area contributed by atoms with Crippen LogP contribution in [0.4, 0.5) is 5.82 Å². The molecule has 3 heterocycles. The molecule has 9 heteroatoms. The molecule has 0 saturated carbocycles. The van der Waals surface area contributed by atoms with Crippen LogP contribution in [0.15, 0.2) is 54.9 Å². The zero-order valence-corrected chi connectivity index (χ0v) is 17.5. The maximum absolute atomic E-state index is 12.7. The highest BCUT2D eigenvalue weighted by atomic mass is 16.2. The van der Waals surface area contributed by atoms with E-state index >= 15 is 0 Å². The van der Waals surface area contributed by atoms with Gasteiger partial charge >= 0.3 is 0 Å². The molecule has 0 fully saturated rings. The average Bonchev–Trinajstić information content (AvgIpc) is 3.42. The number of aromatic nitrogens is 6. The lowest BCUT2D eigenvalue weighted by molar-refractivity contribution is -0.130. The van der Waals surface area contributed by atoms with E-state index in [0.29, 0.717) is 42.2 Å². The molecule has 2 aromatic carbocycles. The number of nitrogens with one attached hydrogen (secondary N) is 2. The summed E-state index contributed by atoms with van der Waals surface area (Å²) in [6.07, 6.45) is 2.42. The van der Waals surface area contributed by atoms with Crippen molar-refractivity contribution in [2.75, 3.05) is 12.8 Å². The molecule has 0 aliphatic rings. The molecular formula is C23H22N8O. The Balaban J connectivity index is 1.25. The summed E-state index contributed by atoms with van der Waals surface area (Å²) in [5.74, 6) is 1.87. The highest BCUT2D eigenvalue weighted by Crippen LogP contribution is 2.23. The Morgan fingerprint density at radius 3 is 2.78 bits per heavy atom. The van der Waals surface area contributed by atoms with Crippen LogP contribution in [-0.2, 0) is 17.8 Å². The highest BCUT2D eigenvalue weighted by Gasteiger charge is 2.13. The van der Waals surface area contributed by atoms with Gasteiger partial charge in [-0.15, -0.1) is 0 Å². The van der Waals surface area contributed by atoms with Gasteiger partial charge in [0.05, 0.1) is 17.6 Å². The van der Waals surface area contributed by atoms with Crippen molar-refractivity contribution in [1.82, 2.24) is 34.8 Å². The van der Waals surface area contributed by atoms with E-state index in [1.54, 1.807) is 11.9 Å². The molecule has 0 atom stereocenters. The average molecular weight is 426 g/mol. The molecule has 0 unspecified atom stereocenters. The summed E-state index contributed by atoms with van der Waals surface area (Å²) in [4.78, 5) is 38.0. The Hall–Kier alpha value is -4.27. The number of hydrogen-bond donors (Lipinski definition) is 3. The second kappa shape index (κ2) is 8.10. The van der Waals surface area contributed by atoms with Crippen LogP contribution < -0.4 is 5.73 Å². The fourth-order valence-corrected chi connectivity index (χ4v) is 3.69. The number of benzene rings is 2. The Morgan fingerprint density at radius 2 is 1.94 bits per heavy atom. The minimum Gasteiger partial charge on any atom is -0.382 e. The number of carbonyl (C=O) groups excluding carboxylic acids is 1. The van der Waals surface area contributed by atoms with Crippen molar-refractivity contribution >= 4 is 33.9 Å². The number of hydrogen-bond acceptors (Lipinski definition) is 6. The number of aromatic amines is 2. The summed E-state index contributed by atoms with van der Waals surface area (Å²) in [6.45, 7) is 0.439. The number of carbonyl (C=O) groups is 1. The predicted molar refractivity (Wildman–Crippen MR) is 122 cm³/mol. The Bertz CT molecular complexity index is 1390. The quantitative estimate of drug-likeness (QED) is 0.383. The number of aryl methyl sites for hydroxylation is 1. The van der Waals surface area contributed by atoms with Crippen molar-refractivity contribution in [2.24, 2.45) is 0 Å². The van der Waals surface area contributed by atoms with E-state index in [2.05, 4.69) is 29.9 Å². The molecule has 0 radical (unpaired) electrons. The molecule has 1 amide bonds. The highest BCUT2D eigenvalue weighted by molar-refractivity contribution is 5.84. The maximum Gasteiger partial charge on any atom is 0.223 e. The number of nitrogens with zero attached hydrogens (tertiary/aromatic N) is 5. The van der Waals surface area contributed by atoms with E-state index in [4.69, 9.17) is 5.73 Å². The SMILES string of the molecule is CN(Cc1nc2ccccc2[nH]1)C(=O)CCc1cccc(-c2nc3ncnc(N)c3[nH]2)c1. The lowest BCUT2D eigenvalue weighted by atomic mass is 10.1. The van der Waals surface area contributed by atoms with Gasteiger partial charge in [-0.25, -0.2) is 19.9 Å². The minimum atomic E-state index is 0.0580. The maximum atomic E-state index is 12.7. The number of nitrogen functional groups attached to an aromatic ring is 1. The molecule has 32 heavy (non-hydrogen) atoms. The molecule has 0 aliphatic carbocycles. The molecule has 9 nitrogen and oxygen atoms in total. The number of para-hydroxylation sites is 2. The summed E-state index contributed by atoms with van der Waals surface area (Å²) in [5, 5.41) is 0. The molecule has 0 spiro atoms. The molecule has 4 N–H and O–H groups in total. The van der Waals surface area contributed by atoms with E-state index in [0.717, 1.165) is 28.0 Å². The number of nitrogens with two attached hydrogens (primary N) is 1. The zero-order chi connectivity index (χ0) is 22.1. The fraction of sp³-hybridized carbons (Fsp3) is 0.174. The van der Waals surface area contributed by atoms with Crippen LogP contribution in [0.3, 0.4) is 0 Å². The number of amides is 1. The summed E-state index contributed by atoms with van der Waals surface area (Å²) in [7, 11) is 1.80. The first-order chi connectivity index (χ1) is 15.6. The van der Waals surface area contributed by atoms with Crippen molar-refractivity contribution in [3.05, 3.63) is 66.2 Å². The van der Waals surface area contributed by atoms with Gasteiger partial charge in [0.1, 0.15) is 23.5 Å². The number of anilines is 1. The monoisotopic (exact) mass is 426 g/mol. The van der Waals surface area contributed by atoms with Crippen LogP contribution in [0, 0.1) is 0 Å². The first-order valence-corrected chi connectivity index (χ1v) is 10.3. The van der Waals surface area contributed by atoms with E-state index in [-0.39, 0.29) is 5.91 Å². The molecule has 0 saturated heterocycles. The third-order valence-corrected chi connectivity index (χ3v) is 5.40. The molecule has 5 aromatic rings. The van der Waals surface area contributed by atoms with Gasteiger partial charge in [0.15, 0.2) is 11.5 Å². The van der Waals surface area contributed by atoms with E-state index in [1.165, 1.54) is 6.33 Å². The van der Waals surface area contributed by atoms with Gasteiger partial charge in [0.25, 0.3) is 0 Å². The summed E-state index contributed by atoms with van der Waals surface area (Å²) < 4.78 is 0. The lowest BCUT2D eigenvalue weighted by Crippen LogP contribution is -2.26. The van der Waals surface area contributed by atoms with E-state index in [1.807, 2.05) is 48.5 Å². The topological polar surface area (TPSA) is 129 Å². The van der Waals surface area contributed by atoms with Crippen LogP contribution in [-0.4, -0.2) is 47.8 Å².